The van der Waals surface area contributed by atoms with Gasteiger partial charge in [-0.25, -0.2) is 8.78 Å². The first kappa shape index (κ1) is 29.8. The van der Waals surface area contributed by atoms with Gasteiger partial charge in [0.05, 0.1) is 5.56 Å². The van der Waals surface area contributed by atoms with E-state index >= 15 is 8.78 Å². The van der Waals surface area contributed by atoms with Crippen molar-refractivity contribution in [3.05, 3.63) is 129 Å². The van der Waals surface area contributed by atoms with E-state index in [1.807, 2.05) is 37.3 Å². The molecule has 0 saturated heterocycles. The number of ether oxygens (including phenoxy) is 1. The Labute approximate surface area is 248 Å². The maximum absolute atomic E-state index is 15.5. The summed E-state index contributed by atoms with van der Waals surface area (Å²) in [6.07, 6.45) is 3.87. The molecule has 3 N–H and O–H groups in total. The largest absolute Gasteiger partial charge is 0.461 e. The molecule has 0 amide bonds. The molecule has 1 aliphatic carbocycles. The van der Waals surface area contributed by atoms with E-state index in [9.17, 15) is 14.4 Å². The van der Waals surface area contributed by atoms with Crippen molar-refractivity contribution in [2.75, 3.05) is 5.73 Å². The highest BCUT2D eigenvalue weighted by Gasteiger charge is 2.26. The van der Waals surface area contributed by atoms with Crippen LogP contribution in [-0.4, -0.2) is 28.5 Å². The van der Waals surface area contributed by atoms with Crippen LogP contribution in [0.5, 0.6) is 0 Å². The highest BCUT2D eigenvalue weighted by Crippen LogP contribution is 2.25. The van der Waals surface area contributed by atoms with Crippen LogP contribution in [-0.2, 0) is 22.5 Å². The maximum atomic E-state index is 15.5. The Balaban J connectivity index is 1.39. The first-order chi connectivity index (χ1) is 20.7. The third-order valence-electron chi connectivity index (χ3n) is 7.69. The number of nitrogens with one attached hydrogen (secondary N) is 1. The van der Waals surface area contributed by atoms with Gasteiger partial charge >= 0.3 is 5.97 Å². The zero-order valence-electron chi connectivity index (χ0n) is 23.8. The average Bonchev–Trinajstić information content (AvgIpc) is 3.50. The molecule has 5 rings (SSSR count). The number of rotatable bonds is 10. The molecule has 7 nitrogen and oxygen atoms in total. The molecule has 9 heteroatoms. The summed E-state index contributed by atoms with van der Waals surface area (Å²) >= 11 is 0. The molecule has 0 bridgehead atoms. The lowest BCUT2D eigenvalue weighted by Gasteiger charge is -2.21. The number of esters is 1. The summed E-state index contributed by atoms with van der Waals surface area (Å²) in [6.45, 7) is 1.83. The van der Waals surface area contributed by atoms with E-state index in [-0.39, 0.29) is 29.6 Å². The van der Waals surface area contributed by atoms with Gasteiger partial charge in [0.1, 0.15) is 23.7 Å². The minimum Gasteiger partial charge on any atom is -0.461 e. The predicted octanol–water partition coefficient (Wildman–Crippen LogP) is 5.42. The van der Waals surface area contributed by atoms with Crippen molar-refractivity contribution in [2.24, 2.45) is 0 Å². The van der Waals surface area contributed by atoms with Gasteiger partial charge in [0.25, 0.3) is 5.56 Å². The number of nitrogens with zero attached hydrogens (tertiary/aromatic N) is 1. The lowest BCUT2D eigenvalue weighted by molar-refractivity contribution is -0.151. The molecule has 222 valence electrons. The molecular formula is C34H33F2N3O4. The Morgan fingerprint density at radius 2 is 1.60 bits per heavy atom. The van der Waals surface area contributed by atoms with Crippen molar-refractivity contribution in [1.29, 1.82) is 0 Å². The lowest BCUT2D eigenvalue weighted by Crippen LogP contribution is -2.40. The number of carbonyl (C=O) groups excluding carboxylic acids is 2. The van der Waals surface area contributed by atoms with Crippen molar-refractivity contribution in [1.82, 2.24) is 9.88 Å². The first-order valence-corrected chi connectivity index (χ1v) is 14.3. The monoisotopic (exact) mass is 585 g/mol. The van der Waals surface area contributed by atoms with E-state index in [1.165, 1.54) is 6.07 Å². The number of benzene rings is 3. The van der Waals surface area contributed by atoms with Crippen LogP contribution in [0, 0.1) is 18.6 Å². The first-order valence-electron chi connectivity index (χ1n) is 14.3. The molecule has 1 atom stereocenters. The molecule has 0 unspecified atom stereocenters. The standard InChI is InChI=1S/C34H33F2N3O4/c1-21-11-13-24(14-12-21)32(41)26-15-16-30(40)39(33(26)37)31-27(35)17-23(18-28(31)36)20-38-29(19-22-7-3-2-4-8-22)34(42)43-25-9-5-6-10-25/h2-4,7-8,11-18,25,29,38H,5-6,9-10,19-20,37H2,1H3/t29-/m0/s1. The van der Waals surface area contributed by atoms with Crippen molar-refractivity contribution in [3.8, 4) is 5.69 Å². The average molecular weight is 586 g/mol. The summed E-state index contributed by atoms with van der Waals surface area (Å²) < 4.78 is 37.4. The van der Waals surface area contributed by atoms with Gasteiger partial charge in [-0.2, -0.15) is 0 Å². The minimum atomic E-state index is -1.04. The molecule has 1 saturated carbocycles. The molecular weight excluding hydrogens is 552 g/mol. The number of halogens is 2. The van der Waals surface area contributed by atoms with Crippen LogP contribution in [0.1, 0.15) is 58.3 Å². The summed E-state index contributed by atoms with van der Waals surface area (Å²) in [7, 11) is 0. The second kappa shape index (κ2) is 13.1. The molecule has 4 aromatic rings. The quantitative estimate of drug-likeness (QED) is 0.190. The number of aryl methyl sites for hydroxylation is 1. The van der Waals surface area contributed by atoms with Crippen molar-refractivity contribution in [2.45, 2.75) is 57.7 Å². The summed E-state index contributed by atoms with van der Waals surface area (Å²) in [5.41, 5.74) is 7.03. The van der Waals surface area contributed by atoms with Crippen LogP contribution in [0.25, 0.3) is 5.69 Å². The number of nitrogens with two attached hydrogens (primary N) is 1. The maximum Gasteiger partial charge on any atom is 0.323 e. The summed E-state index contributed by atoms with van der Waals surface area (Å²) in [4.78, 5) is 38.9. The van der Waals surface area contributed by atoms with E-state index < -0.39 is 40.7 Å². The fourth-order valence-electron chi connectivity index (χ4n) is 5.35. The highest BCUT2D eigenvalue weighted by atomic mass is 19.1. The van der Waals surface area contributed by atoms with Gasteiger partial charge in [-0.05, 0) is 68.4 Å². The minimum absolute atomic E-state index is 0.0400. The lowest BCUT2D eigenvalue weighted by atomic mass is 10.0. The molecule has 0 spiro atoms. The highest BCUT2D eigenvalue weighted by molar-refractivity contribution is 6.11. The molecule has 1 heterocycles. The number of ketones is 1. The Kier molecular flexibility index (Phi) is 9.11. The zero-order valence-corrected chi connectivity index (χ0v) is 23.8. The number of anilines is 1. The van der Waals surface area contributed by atoms with Crippen LogP contribution in [0.3, 0.4) is 0 Å². The number of carbonyl (C=O) groups is 2. The van der Waals surface area contributed by atoms with Crippen LogP contribution in [0.2, 0.25) is 0 Å². The van der Waals surface area contributed by atoms with Gasteiger partial charge in [0.2, 0.25) is 0 Å². The number of hydrogen-bond acceptors (Lipinski definition) is 6. The summed E-state index contributed by atoms with van der Waals surface area (Å²) in [5, 5.41) is 3.10. The Hall–Kier alpha value is -4.63. The molecule has 3 aromatic carbocycles. The van der Waals surface area contributed by atoms with Gasteiger partial charge < -0.3 is 15.8 Å². The zero-order chi connectivity index (χ0) is 30.5. The van der Waals surface area contributed by atoms with E-state index in [0.29, 0.717) is 16.6 Å². The fourth-order valence-corrected chi connectivity index (χ4v) is 5.35. The van der Waals surface area contributed by atoms with Crippen LogP contribution in [0.4, 0.5) is 14.6 Å². The van der Waals surface area contributed by atoms with E-state index in [2.05, 4.69) is 5.32 Å². The molecule has 1 fully saturated rings. The van der Waals surface area contributed by atoms with Crippen LogP contribution in [0.15, 0.2) is 83.7 Å². The third-order valence-corrected chi connectivity index (χ3v) is 7.69. The number of hydrogen-bond donors (Lipinski definition) is 2. The van der Waals surface area contributed by atoms with Crippen LogP contribution < -0.4 is 16.6 Å². The van der Waals surface area contributed by atoms with E-state index in [0.717, 1.165) is 55.0 Å². The topological polar surface area (TPSA) is 103 Å². The SMILES string of the molecule is Cc1ccc(C(=O)c2ccc(=O)n(-c3c(F)cc(CN[C@@H](Cc4ccccc4)C(=O)OC4CCCC4)cc3F)c2N)cc1. The molecule has 1 aliphatic rings. The smallest absolute Gasteiger partial charge is 0.323 e. The Bertz CT molecular complexity index is 1660. The van der Waals surface area contributed by atoms with Gasteiger partial charge in [-0.15, -0.1) is 0 Å². The van der Waals surface area contributed by atoms with Crippen molar-refractivity contribution in [3.63, 3.8) is 0 Å². The van der Waals surface area contributed by atoms with Crippen molar-refractivity contribution < 1.29 is 23.1 Å². The third kappa shape index (κ3) is 6.89. The predicted molar refractivity (Wildman–Crippen MR) is 160 cm³/mol. The Morgan fingerprint density at radius 1 is 0.953 bits per heavy atom. The van der Waals surface area contributed by atoms with E-state index in [4.69, 9.17) is 10.5 Å². The molecule has 1 aromatic heterocycles. The molecule has 0 radical (unpaired) electrons. The van der Waals surface area contributed by atoms with Crippen molar-refractivity contribution >= 4 is 17.6 Å². The number of aromatic nitrogens is 1. The molecule has 43 heavy (non-hydrogen) atoms. The normalized spacial score (nSPS) is 14.0. The van der Waals surface area contributed by atoms with Gasteiger partial charge in [0, 0.05) is 18.2 Å². The van der Waals surface area contributed by atoms with Crippen LogP contribution >= 0.6 is 0 Å². The van der Waals surface area contributed by atoms with E-state index in [1.54, 1.807) is 24.3 Å². The van der Waals surface area contributed by atoms with Gasteiger partial charge in [-0.3, -0.25) is 19.0 Å². The number of nitrogen functional groups attached to an aromatic ring is 1. The second-order valence-corrected chi connectivity index (χ2v) is 10.9. The number of pyridine rings is 1. The van der Waals surface area contributed by atoms with Gasteiger partial charge in [0.15, 0.2) is 17.4 Å². The molecule has 0 aliphatic heterocycles. The Morgan fingerprint density at radius 3 is 2.26 bits per heavy atom. The summed E-state index contributed by atoms with van der Waals surface area (Å²) in [6, 6.07) is 19.9. The van der Waals surface area contributed by atoms with Gasteiger partial charge in [-0.1, -0.05) is 60.2 Å². The fraction of sp³-hybridized carbons (Fsp3) is 0.265. The summed E-state index contributed by atoms with van der Waals surface area (Å²) in [5.74, 6) is -3.36. The second-order valence-electron chi connectivity index (χ2n) is 10.9.